The predicted molar refractivity (Wildman–Crippen MR) is 80.3 cm³/mol. The minimum atomic E-state index is 0.433. The number of halogens is 1. The minimum Gasteiger partial charge on any atom is -0.436 e. The van der Waals surface area contributed by atoms with Crippen molar-refractivity contribution in [3.63, 3.8) is 0 Å². The van der Waals surface area contributed by atoms with E-state index in [-0.39, 0.29) is 0 Å². The van der Waals surface area contributed by atoms with Gasteiger partial charge in [0.15, 0.2) is 0 Å². The van der Waals surface area contributed by atoms with Crippen molar-refractivity contribution in [3.05, 3.63) is 47.1 Å². The number of benzene rings is 1. The number of aromatic nitrogens is 1. The van der Waals surface area contributed by atoms with Gasteiger partial charge in [-0.05, 0) is 37.1 Å². The van der Waals surface area contributed by atoms with Crippen LogP contribution in [0.25, 0.3) is 0 Å². The Balaban J connectivity index is 2.23. The quantitative estimate of drug-likeness (QED) is 0.846. The maximum atomic E-state index is 6.19. The van der Waals surface area contributed by atoms with Crippen molar-refractivity contribution in [2.75, 3.05) is 13.3 Å². The zero-order chi connectivity index (χ0) is 13.7. The van der Waals surface area contributed by atoms with Gasteiger partial charge in [0.25, 0.3) is 0 Å². The van der Waals surface area contributed by atoms with Gasteiger partial charge >= 0.3 is 0 Å². The van der Waals surface area contributed by atoms with Crippen LogP contribution in [-0.2, 0) is 6.54 Å². The first-order valence-electron chi connectivity index (χ1n) is 5.84. The Hall–Kier alpha value is -1.23. The zero-order valence-electron chi connectivity index (χ0n) is 10.8. The average Bonchev–Trinajstić information content (AvgIpc) is 2.43. The van der Waals surface area contributed by atoms with Gasteiger partial charge in [-0.25, -0.2) is 4.98 Å². The van der Waals surface area contributed by atoms with Crippen LogP contribution in [0.15, 0.2) is 41.4 Å². The molecular formula is C14H15ClN2OS. The number of hydrogen-bond donors (Lipinski definition) is 1. The van der Waals surface area contributed by atoms with Gasteiger partial charge in [0.1, 0.15) is 10.8 Å². The summed E-state index contributed by atoms with van der Waals surface area (Å²) in [5.74, 6) is 1.20. The predicted octanol–water partition coefficient (Wildman–Crippen LogP) is 3.97. The number of ether oxygens (including phenoxy) is 1. The highest BCUT2D eigenvalue weighted by atomic mass is 35.5. The summed E-state index contributed by atoms with van der Waals surface area (Å²) in [5, 5.41) is 3.57. The summed E-state index contributed by atoms with van der Waals surface area (Å²) in [6.07, 6.45) is 3.77. The van der Waals surface area contributed by atoms with E-state index in [1.165, 1.54) is 0 Å². The Kier molecular flexibility index (Phi) is 5.07. The summed E-state index contributed by atoms with van der Waals surface area (Å²) < 4.78 is 5.78. The second-order valence-corrected chi connectivity index (χ2v) is 5.17. The maximum absolute atomic E-state index is 6.19. The summed E-state index contributed by atoms with van der Waals surface area (Å²) in [5.41, 5.74) is 1.03. The fraction of sp³-hybridized carbons (Fsp3) is 0.214. The van der Waals surface area contributed by atoms with Gasteiger partial charge in [0.05, 0.1) is 0 Å². The molecule has 0 radical (unpaired) electrons. The molecule has 0 aliphatic rings. The molecule has 0 saturated heterocycles. The molecule has 0 aliphatic heterocycles. The lowest BCUT2D eigenvalue weighted by molar-refractivity contribution is 0.452. The van der Waals surface area contributed by atoms with E-state index >= 15 is 0 Å². The van der Waals surface area contributed by atoms with Crippen molar-refractivity contribution in [2.45, 2.75) is 11.4 Å². The molecule has 2 rings (SSSR count). The number of nitrogens with zero attached hydrogens (tertiary/aromatic N) is 1. The number of pyridine rings is 1. The standard InChI is InChI=1S/C14H15ClN2OS/c1-16-8-10-7-11(15)14(17-9-10)18-12-5-3-4-6-13(12)19-2/h3-7,9,16H,8H2,1-2H3. The van der Waals surface area contributed by atoms with Gasteiger partial charge in [-0.3, -0.25) is 0 Å². The third kappa shape index (κ3) is 3.62. The second kappa shape index (κ2) is 6.80. The van der Waals surface area contributed by atoms with Gasteiger partial charge in [-0.2, -0.15) is 0 Å². The lowest BCUT2D eigenvalue weighted by atomic mass is 10.3. The molecule has 19 heavy (non-hydrogen) atoms. The second-order valence-electron chi connectivity index (χ2n) is 3.91. The molecule has 0 saturated carbocycles. The van der Waals surface area contributed by atoms with E-state index in [9.17, 15) is 0 Å². The molecule has 0 atom stereocenters. The van der Waals surface area contributed by atoms with Crippen LogP contribution in [0.3, 0.4) is 0 Å². The van der Waals surface area contributed by atoms with Crippen LogP contribution in [-0.4, -0.2) is 18.3 Å². The highest BCUT2D eigenvalue weighted by Crippen LogP contribution is 2.33. The Bertz CT molecular complexity index is 563. The van der Waals surface area contributed by atoms with Crippen molar-refractivity contribution >= 4 is 23.4 Å². The smallest absolute Gasteiger partial charge is 0.238 e. The van der Waals surface area contributed by atoms with Crippen LogP contribution in [0.2, 0.25) is 5.02 Å². The molecule has 0 bridgehead atoms. The summed E-state index contributed by atoms with van der Waals surface area (Å²) in [6, 6.07) is 9.68. The van der Waals surface area contributed by atoms with Crippen LogP contribution >= 0.6 is 23.4 Å². The molecule has 3 nitrogen and oxygen atoms in total. The molecule has 2 aromatic rings. The van der Waals surface area contributed by atoms with Crippen molar-refractivity contribution in [3.8, 4) is 11.6 Å². The number of rotatable bonds is 5. The van der Waals surface area contributed by atoms with E-state index in [0.717, 1.165) is 22.8 Å². The molecule has 5 heteroatoms. The molecular weight excluding hydrogens is 280 g/mol. The first-order chi connectivity index (χ1) is 9.24. The SMILES string of the molecule is CNCc1cnc(Oc2ccccc2SC)c(Cl)c1. The van der Waals surface area contributed by atoms with E-state index in [4.69, 9.17) is 16.3 Å². The molecule has 0 aliphatic carbocycles. The first-order valence-corrected chi connectivity index (χ1v) is 7.44. The van der Waals surface area contributed by atoms with Gasteiger partial charge in [-0.1, -0.05) is 23.7 Å². The summed E-state index contributed by atoms with van der Waals surface area (Å²) in [7, 11) is 1.88. The van der Waals surface area contributed by atoms with Crippen molar-refractivity contribution in [1.29, 1.82) is 0 Å². The molecule has 100 valence electrons. The average molecular weight is 295 g/mol. The van der Waals surface area contributed by atoms with Crippen LogP contribution in [0.5, 0.6) is 11.6 Å². The van der Waals surface area contributed by atoms with Gasteiger partial charge in [-0.15, -0.1) is 11.8 Å². The molecule has 0 spiro atoms. The lowest BCUT2D eigenvalue weighted by Gasteiger charge is -2.10. The number of hydrogen-bond acceptors (Lipinski definition) is 4. The molecule has 1 N–H and O–H groups in total. The number of thioether (sulfide) groups is 1. The van der Waals surface area contributed by atoms with Gasteiger partial charge < -0.3 is 10.1 Å². The van der Waals surface area contributed by atoms with E-state index in [0.29, 0.717) is 10.9 Å². The summed E-state index contributed by atoms with van der Waals surface area (Å²) in [6.45, 7) is 0.731. The topological polar surface area (TPSA) is 34.2 Å². The Morgan fingerprint density at radius 1 is 1.37 bits per heavy atom. The first kappa shape index (κ1) is 14.2. The van der Waals surface area contributed by atoms with Crippen LogP contribution in [0, 0.1) is 0 Å². The van der Waals surface area contributed by atoms with Crippen LogP contribution in [0.4, 0.5) is 0 Å². The molecule has 1 aromatic carbocycles. The maximum Gasteiger partial charge on any atom is 0.238 e. The van der Waals surface area contributed by atoms with E-state index < -0.39 is 0 Å². The fourth-order valence-electron chi connectivity index (χ4n) is 1.65. The summed E-state index contributed by atoms with van der Waals surface area (Å²) in [4.78, 5) is 5.32. The van der Waals surface area contributed by atoms with E-state index in [1.807, 2.05) is 43.6 Å². The fourth-order valence-corrected chi connectivity index (χ4v) is 2.40. The van der Waals surface area contributed by atoms with Crippen molar-refractivity contribution in [2.24, 2.45) is 0 Å². The highest BCUT2D eigenvalue weighted by Gasteiger charge is 2.08. The third-order valence-corrected chi connectivity index (χ3v) is 3.57. The lowest BCUT2D eigenvalue weighted by Crippen LogP contribution is -2.05. The zero-order valence-corrected chi connectivity index (χ0v) is 12.4. The monoisotopic (exact) mass is 294 g/mol. The van der Waals surface area contributed by atoms with Crippen LogP contribution in [0.1, 0.15) is 5.56 Å². The van der Waals surface area contributed by atoms with E-state index in [2.05, 4.69) is 10.3 Å². The van der Waals surface area contributed by atoms with Crippen LogP contribution < -0.4 is 10.1 Å². The van der Waals surface area contributed by atoms with Gasteiger partial charge in [0, 0.05) is 17.6 Å². The number of nitrogens with one attached hydrogen (secondary N) is 1. The molecule has 0 amide bonds. The van der Waals surface area contributed by atoms with Gasteiger partial charge in [0.2, 0.25) is 5.88 Å². The van der Waals surface area contributed by atoms with Crippen molar-refractivity contribution < 1.29 is 4.74 Å². The Morgan fingerprint density at radius 3 is 2.84 bits per heavy atom. The third-order valence-electron chi connectivity index (χ3n) is 2.52. The summed E-state index contributed by atoms with van der Waals surface area (Å²) >= 11 is 7.81. The largest absolute Gasteiger partial charge is 0.436 e. The molecule has 0 fully saturated rings. The Morgan fingerprint density at radius 2 is 2.16 bits per heavy atom. The Labute approximate surface area is 122 Å². The minimum absolute atomic E-state index is 0.433. The number of para-hydroxylation sites is 1. The molecule has 1 aromatic heterocycles. The molecule has 1 heterocycles. The molecule has 0 unspecified atom stereocenters. The van der Waals surface area contributed by atoms with E-state index in [1.54, 1.807) is 18.0 Å². The van der Waals surface area contributed by atoms with Crippen molar-refractivity contribution in [1.82, 2.24) is 10.3 Å². The normalized spacial score (nSPS) is 10.5. The highest BCUT2D eigenvalue weighted by molar-refractivity contribution is 7.98.